The molecule has 4 nitrogen and oxygen atoms in total. The zero-order chi connectivity index (χ0) is 21.1. The van der Waals surface area contributed by atoms with Crippen LogP contribution in [0.3, 0.4) is 0 Å². The Kier molecular flexibility index (Phi) is 5.77. The maximum atomic E-state index is 10.3. The number of nitrogens with zero attached hydrogens (tertiary/aromatic N) is 3. The van der Waals surface area contributed by atoms with Crippen LogP contribution in [0, 0.1) is 0 Å². The molecule has 0 saturated heterocycles. The monoisotopic (exact) mass is 417 g/mol. The highest BCUT2D eigenvalue weighted by molar-refractivity contribution is 6.32. The Morgan fingerprint density at radius 3 is 2.43 bits per heavy atom. The molecule has 5 heteroatoms. The summed E-state index contributed by atoms with van der Waals surface area (Å²) in [6, 6.07) is 22.0. The van der Waals surface area contributed by atoms with Gasteiger partial charge in [0.2, 0.25) is 0 Å². The van der Waals surface area contributed by atoms with Gasteiger partial charge in [-0.2, -0.15) is 0 Å². The Balaban J connectivity index is 1.75. The van der Waals surface area contributed by atoms with Crippen LogP contribution in [0.25, 0.3) is 6.08 Å². The maximum absolute atomic E-state index is 10.3. The molecule has 0 amide bonds. The number of anilines is 3. The number of aromatic hydroxyl groups is 1. The van der Waals surface area contributed by atoms with E-state index in [9.17, 15) is 5.11 Å². The summed E-state index contributed by atoms with van der Waals surface area (Å²) in [5, 5.41) is 10.6. The lowest BCUT2D eigenvalue weighted by Crippen LogP contribution is -2.24. The van der Waals surface area contributed by atoms with E-state index >= 15 is 0 Å². The third-order valence-corrected chi connectivity index (χ3v) is 5.42. The van der Waals surface area contributed by atoms with Gasteiger partial charge in [-0.1, -0.05) is 48.0 Å². The van der Waals surface area contributed by atoms with Gasteiger partial charge in [0.1, 0.15) is 11.6 Å². The van der Waals surface area contributed by atoms with Crippen molar-refractivity contribution in [3.05, 3.63) is 89.0 Å². The second-order valence-corrected chi connectivity index (χ2v) is 7.82. The summed E-state index contributed by atoms with van der Waals surface area (Å²) in [7, 11) is 4.06. The number of hydrogen-bond donors (Lipinski definition) is 1. The van der Waals surface area contributed by atoms with E-state index in [4.69, 9.17) is 16.6 Å². The van der Waals surface area contributed by atoms with Crippen LogP contribution >= 0.6 is 11.6 Å². The van der Waals surface area contributed by atoms with Crippen LogP contribution in [-0.2, 0) is 6.42 Å². The Bertz CT molecular complexity index is 1090. The first-order chi connectivity index (χ1) is 14.5. The van der Waals surface area contributed by atoms with Crippen LogP contribution in [0.1, 0.15) is 11.1 Å². The molecule has 3 aromatic carbocycles. The molecule has 0 unspecified atom stereocenters. The van der Waals surface area contributed by atoms with Gasteiger partial charge in [-0.05, 0) is 54.0 Å². The van der Waals surface area contributed by atoms with Crippen LogP contribution in [0.5, 0.6) is 5.75 Å². The molecular formula is C25H24ClN3O. The molecular weight excluding hydrogens is 394 g/mol. The number of amidine groups is 1. The Morgan fingerprint density at radius 2 is 1.73 bits per heavy atom. The molecule has 1 heterocycles. The van der Waals surface area contributed by atoms with Crippen molar-refractivity contribution in [3.8, 4) is 5.75 Å². The molecule has 4 rings (SSSR count). The summed E-state index contributed by atoms with van der Waals surface area (Å²) >= 11 is 6.18. The van der Waals surface area contributed by atoms with Gasteiger partial charge in [0.25, 0.3) is 0 Å². The van der Waals surface area contributed by atoms with Gasteiger partial charge < -0.3 is 10.0 Å². The third kappa shape index (κ3) is 4.19. The molecule has 1 aliphatic rings. The van der Waals surface area contributed by atoms with E-state index in [1.165, 1.54) is 0 Å². The van der Waals surface area contributed by atoms with E-state index in [2.05, 4.69) is 40.1 Å². The van der Waals surface area contributed by atoms with Crippen molar-refractivity contribution < 1.29 is 5.11 Å². The van der Waals surface area contributed by atoms with Crippen LogP contribution in [-0.4, -0.2) is 31.6 Å². The van der Waals surface area contributed by atoms with E-state index in [-0.39, 0.29) is 5.75 Å². The van der Waals surface area contributed by atoms with Crippen molar-refractivity contribution in [1.82, 2.24) is 0 Å². The molecule has 0 bridgehead atoms. The number of benzene rings is 3. The highest BCUT2D eigenvalue weighted by Gasteiger charge is 2.22. The van der Waals surface area contributed by atoms with Gasteiger partial charge in [-0.25, -0.2) is 0 Å². The van der Waals surface area contributed by atoms with Crippen molar-refractivity contribution >= 4 is 40.6 Å². The van der Waals surface area contributed by atoms with Gasteiger partial charge in [0.05, 0.1) is 10.7 Å². The third-order valence-electron chi connectivity index (χ3n) is 5.12. The quantitative estimate of drug-likeness (QED) is 0.572. The van der Waals surface area contributed by atoms with E-state index in [1.54, 1.807) is 6.07 Å². The van der Waals surface area contributed by atoms with Crippen molar-refractivity contribution in [3.63, 3.8) is 0 Å². The van der Waals surface area contributed by atoms with Crippen LogP contribution in [0.4, 0.5) is 17.1 Å². The number of halogens is 1. The molecule has 152 valence electrons. The summed E-state index contributed by atoms with van der Waals surface area (Å²) < 4.78 is 0. The molecule has 0 aromatic heterocycles. The number of rotatable bonds is 4. The number of para-hydroxylation sites is 1. The van der Waals surface area contributed by atoms with Crippen molar-refractivity contribution in [1.29, 1.82) is 0 Å². The SMILES string of the molecule is CN(C)c1ccc(/C=C/C2=NCCc3cc(Cl)c(O)cc3N2c2ccccc2)cc1. The van der Waals surface area contributed by atoms with Crippen molar-refractivity contribution in [2.24, 2.45) is 4.99 Å². The predicted molar refractivity (Wildman–Crippen MR) is 128 cm³/mol. The van der Waals surface area contributed by atoms with Gasteiger partial charge in [-0.15, -0.1) is 0 Å². The minimum atomic E-state index is 0.0702. The second-order valence-electron chi connectivity index (χ2n) is 7.41. The molecule has 0 saturated carbocycles. The van der Waals surface area contributed by atoms with Gasteiger partial charge >= 0.3 is 0 Å². The Labute approximate surface area is 182 Å². The molecule has 1 aliphatic heterocycles. The van der Waals surface area contributed by atoms with Gasteiger partial charge in [-0.3, -0.25) is 9.89 Å². The molecule has 1 N–H and O–H groups in total. The summed E-state index contributed by atoms with van der Waals surface area (Å²) in [6.07, 6.45) is 4.85. The molecule has 0 fully saturated rings. The summed E-state index contributed by atoms with van der Waals surface area (Å²) in [4.78, 5) is 8.99. The lowest BCUT2D eigenvalue weighted by atomic mass is 10.1. The van der Waals surface area contributed by atoms with Crippen LogP contribution < -0.4 is 9.80 Å². The molecule has 30 heavy (non-hydrogen) atoms. The number of phenolic OH excluding ortho intramolecular Hbond substituents is 1. The minimum Gasteiger partial charge on any atom is -0.506 e. The topological polar surface area (TPSA) is 39.1 Å². The van der Waals surface area contributed by atoms with E-state index in [0.717, 1.165) is 40.4 Å². The lowest BCUT2D eigenvalue weighted by Gasteiger charge is -2.26. The average molecular weight is 418 g/mol. The summed E-state index contributed by atoms with van der Waals surface area (Å²) in [5.41, 5.74) is 5.19. The first-order valence-corrected chi connectivity index (χ1v) is 10.3. The van der Waals surface area contributed by atoms with Gasteiger partial charge in [0.15, 0.2) is 0 Å². The predicted octanol–water partition coefficient (Wildman–Crippen LogP) is 5.92. The van der Waals surface area contributed by atoms with Crippen molar-refractivity contribution in [2.45, 2.75) is 6.42 Å². The summed E-state index contributed by atoms with van der Waals surface area (Å²) in [5.74, 6) is 0.888. The van der Waals surface area contributed by atoms with Crippen molar-refractivity contribution in [2.75, 3.05) is 30.4 Å². The van der Waals surface area contributed by atoms with Crippen LogP contribution in [0.15, 0.2) is 77.8 Å². The molecule has 0 spiro atoms. The number of fused-ring (bicyclic) bond motifs is 1. The average Bonchev–Trinajstić information content (AvgIpc) is 2.92. The molecule has 3 aromatic rings. The van der Waals surface area contributed by atoms with E-state index in [0.29, 0.717) is 11.6 Å². The Morgan fingerprint density at radius 1 is 1.00 bits per heavy atom. The number of phenols is 1. The lowest BCUT2D eigenvalue weighted by molar-refractivity contribution is 0.475. The Hall–Kier alpha value is -3.24. The first-order valence-electron chi connectivity index (χ1n) is 9.89. The minimum absolute atomic E-state index is 0.0702. The fourth-order valence-corrected chi connectivity index (χ4v) is 3.70. The zero-order valence-corrected chi connectivity index (χ0v) is 17.8. The smallest absolute Gasteiger partial charge is 0.136 e. The van der Waals surface area contributed by atoms with E-state index < -0.39 is 0 Å². The first kappa shape index (κ1) is 20.0. The normalized spacial score (nSPS) is 13.7. The summed E-state index contributed by atoms with van der Waals surface area (Å²) in [6.45, 7) is 0.649. The fourth-order valence-electron chi connectivity index (χ4n) is 3.52. The second kappa shape index (κ2) is 8.64. The maximum Gasteiger partial charge on any atom is 0.136 e. The zero-order valence-electron chi connectivity index (χ0n) is 17.1. The fraction of sp³-hybridized carbons (Fsp3) is 0.160. The molecule has 0 aliphatic carbocycles. The molecule has 0 atom stereocenters. The highest BCUT2D eigenvalue weighted by Crippen LogP contribution is 2.38. The number of hydrogen-bond acceptors (Lipinski definition) is 4. The highest BCUT2D eigenvalue weighted by atomic mass is 35.5. The van der Waals surface area contributed by atoms with Gasteiger partial charge in [0, 0.05) is 38.1 Å². The largest absolute Gasteiger partial charge is 0.506 e. The molecule has 0 radical (unpaired) electrons. The number of aliphatic imine (C=N–C) groups is 1. The standard InChI is InChI=1S/C25H24ClN3O/c1-28(2)20-11-8-18(9-12-20)10-13-25-27-15-14-19-16-22(26)24(30)17-23(19)29(25)21-6-4-3-5-7-21/h3-13,16-17,30H,14-15H2,1-2H3/b13-10+. The van der Waals surface area contributed by atoms with E-state index in [1.807, 2.05) is 56.6 Å². The van der Waals surface area contributed by atoms with Crippen LogP contribution in [0.2, 0.25) is 5.02 Å².